The molecule has 3 aromatic carbocycles. The molecule has 0 saturated heterocycles. The average molecular weight is 746 g/mol. The standard InChI is InChI=1S/C31H35ClF3N5O5S3/c1-31(2,19-7-10-28(23(32)13-19)47(36,41)42)29-17-37-30(40(29)20-8-9-24(33)27(14-20)45-5)46-18-22-25(34)15-21(16-26(22)35)48(43,44)38-11-6-12-39(3)4/h7-10,13-17,38H,6,11-12,18H2,1-5H3,(H2,36,41,42). The van der Waals surface area contributed by atoms with Crippen LogP contribution in [0.4, 0.5) is 13.2 Å². The molecule has 0 aliphatic rings. The lowest BCUT2D eigenvalue weighted by atomic mass is 9.81. The molecule has 0 aliphatic carbocycles. The molecule has 0 amide bonds. The molecule has 260 valence electrons. The Balaban J connectivity index is 1.72. The van der Waals surface area contributed by atoms with Crippen LogP contribution in [-0.4, -0.2) is 65.6 Å². The van der Waals surface area contributed by atoms with Crippen molar-refractivity contribution in [3.8, 4) is 11.4 Å². The quantitative estimate of drug-likeness (QED) is 0.129. The zero-order chi connectivity index (χ0) is 35.6. The third kappa shape index (κ3) is 8.35. The molecule has 0 saturated carbocycles. The van der Waals surface area contributed by atoms with Crippen molar-refractivity contribution in [2.24, 2.45) is 5.14 Å². The summed E-state index contributed by atoms with van der Waals surface area (Å²) < 4.78 is 103. The molecule has 17 heteroatoms. The Bertz CT molecular complexity index is 2020. The van der Waals surface area contributed by atoms with Crippen LogP contribution < -0.4 is 14.6 Å². The molecule has 0 bridgehead atoms. The number of primary sulfonamides is 1. The molecule has 0 radical (unpaired) electrons. The summed E-state index contributed by atoms with van der Waals surface area (Å²) in [6.45, 7) is 4.37. The Morgan fingerprint density at radius 2 is 1.69 bits per heavy atom. The summed E-state index contributed by atoms with van der Waals surface area (Å²) in [5, 5.41) is 5.45. The number of rotatable bonds is 14. The molecule has 3 N–H and O–H groups in total. The average Bonchev–Trinajstić information content (AvgIpc) is 3.43. The molecular formula is C31H35ClF3N5O5S3. The van der Waals surface area contributed by atoms with E-state index in [1.807, 2.05) is 32.8 Å². The third-order valence-electron chi connectivity index (χ3n) is 7.57. The summed E-state index contributed by atoms with van der Waals surface area (Å²) in [5.74, 6) is -3.07. The van der Waals surface area contributed by atoms with E-state index in [1.165, 1.54) is 43.6 Å². The van der Waals surface area contributed by atoms with Gasteiger partial charge in [0.2, 0.25) is 20.0 Å². The first-order chi connectivity index (χ1) is 22.4. The van der Waals surface area contributed by atoms with Gasteiger partial charge in [-0.3, -0.25) is 4.57 Å². The number of sulfonamides is 2. The van der Waals surface area contributed by atoms with Crippen molar-refractivity contribution in [1.82, 2.24) is 19.2 Å². The number of thioether (sulfide) groups is 1. The molecule has 0 aliphatic heterocycles. The maximum absolute atomic E-state index is 15.3. The van der Waals surface area contributed by atoms with Crippen molar-refractivity contribution < 1.29 is 34.7 Å². The number of nitrogens with zero attached hydrogens (tertiary/aromatic N) is 3. The van der Waals surface area contributed by atoms with Crippen LogP contribution in [0.1, 0.15) is 37.1 Å². The number of nitrogens with one attached hydrogen (secondary N) is 1. The normalized spacial score (nSPS) is 12.6. The molecule has 1 aromatic heterocycles. The van der Waals surface area contributed by atoms with Gasteiger partial charge in [0, 0.05) is 29.3 Å². The van der Waals surface area contributed by atoms with Crippen molar-refractivity contribution >= 4 is 43.4 Å². The summed E-state index contributed by atoms with van der Waals surface area (Å²) in [5.41, 5.74) is 0.229. The molecular weight excluding hydrogens is 711 g/mol. The number of ether oxygens (including phenoxy) is 1. The third-order valence-corrected chi connectivity index (χ3v) is 11.4. The van der Waals surface area contributed by atoms with Gasteiger partial charge in [-0.2, -0.15) is 0 Å². The fraction of sp³-hybridized carbons (Fsp3) is 0.323. The minimum atomic E-state index is -4.16. The van der Waals surface area contributed by atoms with Crippen LogP contribution in [0.2, 0.25) is 5.02 Å². The maximum atomic E-state index is 15.3. The van der Waals surface area contributed by atoms with E-state index in [9.17, 15) is 21.2 Å². The van der Waals surface area contributed by atoms with Crippen LogP contribution in [-0.2, 0) is 31.2 Å². The van der Waals surface area contributed by atoms with Gasteiger partial charge in [0.25, 0.3) is 0 Å². The minimum absolute atomic E-state index is 0.0642. The fourth-order valence-electron chi connectivity index (χ4n) is 4.88. The van der Waals surface area contributed by atoms with E-state index in [-0.39, 0.29) is 38.7 Å². The molecule has 0 spiro atoms. The van der Waals surface area contributed by atoms with Crippen LogP contribution >= 0.6 is 23.4 Å². The van der Waals surface area contributed by atoms with Gasteiger partial charge in [-0.25, -0.2) is 44.9 Å². The number of methoxy groups -OCH3 is 1. The zero-order valence-corrected chi connectivity index (χ0v) is 29.9. The van der Waals surface area contributed by atoms with Gasteiger partial charge in [-0.05, 0) is 69.0 Å². The number of aromatic nitrogens is 2. The van der Waals surface area contributed by atoms with E-state index >= 15 is 8.78 Å². The zero-order valence-electron chi connectivity index (χ0n) is 26.7. The summed E-state index contributed by atoms with van der Waals surface area (Å²) in [7, 11) is -3.25. The number of imidazole rings is 1. The Morgan fingerprint density at radius 3 is 2.27 bits per heavy atom. The van der Waals surface area contributed by atoms with Crippen LogP contribution in [0.25, 0.3) is 5.69 Å². The predicted octanol–water partition coefficient (Wildman–Crippen LogP) is 5.45. The van der Waals surface area contributed by atoms with E-state index in [2.05, 4.69) is 9.71 Å². The molecule has 4 aromatic rings. The fourth-order valence-corrected chi connectivity index (χ4v) is 8.08. The summed E-state index contributed by atoms with van der Waals surface area (Å²) in [4.78, 5) is 5.61. The van der Waals surface area contributed by atoms with Gasteiger partial charge >= 0.3 is 0 Å². The van der Waals surface area contributed by atoms with Crippen molar-refractivity contribution in [3.63, 3.8) is 0 Å². The van der Waals surface area contributed by atoms with Gasteiger partial charge in [-0.1, -0.05) is 43.3 Å². The topological polar surface area (TPSA) is 137 Å². The monoisotopic (exact) mass is 745 g/mol. The smallest absolute Gasteiger partial charge is 0.240 e. The number of hydrogen-bond acceptors (Lipinski definition) is 8. The van der Waals surface area contributed by atoms with E-state index in [4.69, 9.17) is 21.5 Å². The molecule has 48 heavy (non-hydrogen) atoms. The highest BCUT2D eigenvalue weighted by Crippen LogP contribution is 2.39. The second kappa shape index (κ2) is 14.8. The SMILES string of the molecule is COc1cc(-n2c(C(C)(C)c3ccc(S(N)(=O)=O)c(Cl)c3)cnc2SCc2c(F)cc(S(=O)(=O)NCCCN(C)C)cc2F)ccc1F. The highest BCUT2D eigenvalue weighted by Gasteiger charge is 2.31. The van der Waals surface area contributed by atoms with E-state index in [0.717, 1.165) is 23.9 Å². The number of benzene rings is 3. The van der Waals surface area contributed by atoms with E-state index in [1.54, 1.807) is 10.6 Å². The van der Waals surface area contributed by atoms with Gasteiger partial charge < -0.3 is 9.64 Å². The van der Waals surface area contributed by atoms with Crippen LogP contribution in [0, 0.1) is 17.5 Å². The van der Waals surface area contributed by atoms with Crippen molar-refractivity contribution in [2.75, 3.05) is 34.3 Å². The van der Waals surface area contributed by atoms with Crippen molar-refractivity contribution in [3.05, 3.63) is 94.0 Å². The number of nitrogens with two attached hydrogens (primary N) is 1. The van der Waals surface area contributed by atoms with Gasteiger partial charge in [0.1, 0.15) is 16.5 Å². The molecule has 4 rings (SSSR count). The number of halogens is 4. The van der Waals surface area contributed by atoms with E-state index in [0.29, 0.717) is 29.9 Å². The summed E-state index contributed by atoms with van der Waals surface area (Å²) in [6.07, 6.45) is 2.04. The first-order valence-electron chi connectivity index (χ1n) is 14.4. The van der Waals surface area contributed by atoms with Gasteiger partial charge in [0.05, 0.1) is 34.6 Å². The summed E-state index contributed by atoms with van der Waals surface area (Å²) >= 11 is 7.26. The lowest BCUT2D eigenvalue weighted by Crippen LogP contribution is -2.27. The van der Waals surface area contributed by atoms with Gasteiger partial charge in [0.15, 0.2) is 16.7 Å². The van der Waals surface area contributed by atoms with Crippen molar-refractivity contribution in [2.45, 2.75) is 46.4 Å². The lowest BCUT2D eigenvalue weighted by molar-refractivity contribution is 0.386. The van der Waals surface area contributed by atoms with Crippen molar-refractivity contribution in [1.29, 1.82) is 0 Å². The predicted molar refractivity (Wildman–Crippen MR) is 179 cm³/mol. The molecule has 0 unspecified atom stereocenters. The largest absolute Gasteiger partial charge is 0.494 e. The second-order valence-corrected chi connectivity index (χ2v) is 16.3. The highest BCUT2D eigenvalue weighted by atomic mass is 35.5. The minimum Gasteiger partial charge on any atom is -0.494 e. The Kier molecular flexibility index (Phi) is 11.6. The lowest BCUT2D eigenvalue weighted by Gasteiger charge is -2.28. The second-order valence-electron chi connectivity index (χ2n) is 11.6. The van der Waals surface area contributed by atoms with Crippen LogP contribution in [0.3, 0.4) is 0 Å². The molecule has 1 heterocycles. The molecule has 0 fully saturated rings. The van der Waals surface area contributed by atoms with Crippen LogP contribution in [0.15, 0.2) is 69.7 Å². The number of hydrogen-bond donors (Lipinski definition) is 2. The summed E-state index contributed by atoms with van der Waals surface area (Å²) in [6, 6.07) is 9.97. The highest BCUT2D eigenvalue weighted by molar-refractivity contribution is 7.98. The van der Waals surface area contributed by atoms with Crippen LogP contribution in [0.5, 0.6) is 5.75 Å². The Labute approximate surface area is 287 Å². The van der Waals surface area contributed by atoms with E-state index < -0.39 is 47.8 Å². The maximum Gasteiger partial charge on any atom is 0.240 e. The van der Waals surface area contributed by atoms with Gasteiger partial charge in [-0.15, -0.1) is 0 Å². The Hall–Kier alpha value is -3.12. The molecule has 0 atom stereocenters. The molecule has 10 nitrogen and oxygen atoms in total. The Morgan fingerprint density at radius 1 is 1.02 bits per heavy atom. The first kappa shape index (κ1) is 37.7. The first-order valence-corrected chi connectivity index (χ1v) is 18.8.